The number of hydrogen-bond acceptors (Lipinski definition) is 5. The Morgan fingerprint density at radius 2 is 2.05 bits per heavy atom. The van der Waals surface area contributed by atoms with Crippen molar-refractivity contribution in [3.05, 3.63) is 56.7 Å². The van der Waals surface area contributed by atoms with Crippen LogP contribution < -0.4 is 5.32 Å². The zero-order chi connectivity index (χ0) is 15.2. The van der Waals surface area contributed by atoms with Gasteiger partial charge in [0.15, 0.2) is 0 Å². The summed E-state index contributed by atoms with van der Waals surface area (Å²) in [5, 5.41) is 13.2. The number of nitrogens with one attached hydrogen (secondary N) is 1. The second-order valence-corrected chi connectivity index (χ2v) is 6.22. The molecule has 21 heavy (non-hydrogen) atoms. The molecule has 0 bridgehead atoms. The summed E-state index contributed by atoms with van der Waals surface area (Å²) in [6, 6.07) is 10.7. The molecule has 6 heteroatoms. The van der Waals surface area contributed by atoms with E-state index in [2.05, 4.69) is 10.1 Å². The van der Waals surface area contributed by atoms with Gasteiger partial charge in [-0.2, -0.15) is 0 Å². The molecule has 0 radical (unpaired) electrons. The molecular weight excluding hydrogens is 310 g/mol. The first kappa shape index (κ1) is 16.0. The second kappa shape index (κ2) is 7.56. The number of thiophene rings is 1. The van der Waals surface area contributed by atoms with Gasteiger partial charge in [-0.25, -0.2) is 4.79 Å². The molecule has 0 spiro atoms. The lowest BCUT2D eigenvalue weighted by Crippen LogP contribution is -2.20. The monoisotopic (exact) mass is 325 g/mol. The van der Waals surface area contributed by atoms with Crippen molar-refractivity contribution < 1.29 is 14.6 Å². The van der Waals surface area contributed by atoms with E-state index < -0.39 is 6.10 Å². The van der Waals surface area contributed by atoms with Crippen LogP contribution >= 0.6 is 22.9 Å². The second-order valence-electron chi connectivity index (χ2n) is 4.48. The number of ether oxygens (including phenoxy) is 1. The van der Waals surface area contributed by atoms with Gasteiger partial charge in [0.1, 0.15) is 6.10 Å². The number of aliphatic hydroxyl groups is 1. The first-order chi connectivity index (χ1) is 10.1. The van der Waals surface area contributed by atoms with Crippen LogP contribution in [0.2, 0.25) is 4.34 Å². The van der Waals surface area contributed by atoms with E-state index in [0.717, 1.165) is 10.4 Å². The Morgan fingerprint density at radius 3 is 2.62 bits per heavy atom. The van der Waals surface area contributed by atoms with Gasteiger partial charge in [0.2, 0.25) is 0 Å². The van der Waals surface area contributed by atoms with Gasteiger partial charge in [0, 0.05) is 18.0 Å². The third kappa shape index (κ3) is 4.54. The molecule has 112 valence electrons. The van der Waals surface area contributed by atoms with Crippen LogP contribution in [0, 0.1) is 0 Å². The molecule has 0 aliphatic carbocycles. The SMILES string of the molecule is COC(=O)c1ccc(CNCC(O)c2ccc(Cl)s2)cc1. The van der Waals surface area contributed by atoms with Crippen LogP contribution in [-0.2, 0) is 11.3 Å². The van der Waals surface area contributed by atoms with Gasteiger partial charge in [-0.1, -0.05) is 23.7 Å². The van der Waals surface area contributed by atoms with Crippen molar-refractivity contribution in [3.8, 4) is 0 Å². The highest BCUT2D eigenvalue weighted by molar-refractivity contribution is 7.16. The van der Waals surface area contributed by atoms with Gasteiger partial charge in [-0.05, 0) is 29.8 Å². The van der Waals surface area contributed by atoms with Crippen molar-refractivity contribution in [2.45, 2.75) is 12.6 Å². The molecule has 1 aromatic carbocycles. The normalized spacial score (nSPS) is 12.1. The van der Waals surface area contributed by atoms with E-state index in [-0.39, 0.29) is 5.97 Å². The molecule has 1 unspecified atom stereocenters. The summed E-state index contributed by atoms with van der Waals surface area (Å²) in [7, 11) is 1.36. The molecule has 0 saturated carbocycles. The highest BCUT2D eigenvalue weighted by Crippen LogP contribution is 2.26. The molecule has 0 aliphatic heterocycles. The number of benzene rings is 1. The van der Waals surface area contributed by atoms with E-state index in [1.165, 1.54) is 18.4 Å². The summed E-state index contributed by atoms with van der Waals surface area (Å²) in [6.07, 6.45) is -0.572. The maximum atomic E-state index is 11.3. The summed E-state index contributed by atoms with van der Waals surface area (Å²) in [5.41, 5.74) is 1.55. The van der Waals surface area contributed by atoms with Gasteiger partial charge >= 0.3 is 5.97 Å². The van der Waals surface area contributed by atoms with Gasteiger partial charge in [0.25, 0.3) is 0 Å². The highest BCUT2D eigenvalue weighted by Gasteiger charge is 2.10. The molecule has 0 fully saturated rings. The molecule has 0 amide bonds. The number of hydrogen-bond donors (Lipinski definition) is 2. The molecule has 0 aliphatic rings. The number of esters is 1. The smallest absolute Gasteiger partial charge is 0.337 e. The Kier molecular flexibility index (Phi) is 5.76. The van der Waals surface area contributed by atoms with Gasteiger partial charge in [0.05, 0.1) is 17.0 Å². The Hall–Kier alpha value is -1.40. The highest BCUT2D eigenvalue weighted by atomic mass is 35.5. The maximum absolute atomic E-state index is 11.3. The molecule has 2 rings (SSSR count). The van der Waals surface area contributed by atoms with Crippen LogP contribution in [0.15, 0.2) is 36.4 Å². The zero-order valence-corrected chi connectivity index (χ0v) is 13.1. The minimum absolute atomic E-state index is 0.348. The molecule has 0 saturated heterocycles. The van der Waals surface area contributed by atoms with E-state index in [1.54, 1.807) is 18.2 Å². The maximum Gasteiger partial charge on any atom is 0.337 e. The fraction of sp³-hybridized carbons (Fsp3) is 0.267. The molecular formula is C15H16ClNO3S. The molecule has 1 aromatic heterocycles. The van der Waals surface area contributed by atoms with Crippen LogP contribution in [0.3, 0.4) is 0 Å². The minimum atomic E-state index is -0.572. The summed E-state index contributed by atoms with van der Waals surface area (Å²) >= 11 is 7.21. The predicted molar refractivity (Wildman–Crippen MR) is 83.8 cm³/mol. The lowest BCUT2D eigenvalue weighted by atomic mass is 10.1. The summed E-state index contributed by atoms with van der Waals surface area (Å²) in [4.78, 5) is 12.1. The average Bonchev–Trinajstić information content (AvgIpc) is 2.94. The predicted octanol–water partition coefficient (Wildman–Crippen LogP) is 3.01. The largest absolute Gasteiger partial charge is 0.465 e. The topological polar surface area (TPSA) is 58.6 Å². The van der Waals surface area contributed by atoms with Crippen LogP contribution in [0.5, 0.6) is 0 Å². The van der Waals surface area contributed by atoms with Gasteiger partial charge in [-0.3, -0.25) is 0 Å². The van der Waals surface area contributed by atoms with Crippen molar-refractivity contribution in [2.24, 2.45) is 0 Å². The number of rotatable bonds is 6. The first-order valence-electron chi connectivity index (χ1n) is 6.41. The Labute approximate surface area is 132 Å². The number of halogens is 1. The van der Waals surface area contributed by atoms with Crippen molar-refractivity contribution in [1.82, 2.24) is 5.32 Å². The average molecular weight is 326 g/mol. The fourth-order valence-corrected chi connectivity index (χ4v) is 2.88. The third-order valence-electron chi connectivity index (χ3n) is 2.96. The standard InChI is InChI=1S/C15H16ClNO3S/c1-20-15(19)11-4-2-10(3-5-11)8-17-9-12(18)13-6-7-14(16)21-13/h2-7,12,17-18H,8-9H2,1H3. The van der Waals surface area contributed by atoms with E-state index in [0.29, 0.717) is 23.0 Å². The molecule has 1 atom stereocenters. The van der Waals surface area contributed by atoms with E-state index in [9.17, 15) is 9.90 Å². The fourth-order valence-electron chi connectivity index (χ4n) is 1.84. The van der Waals surface area contributed by atoms with Crippen LogP contribution in [0.4, 0.5) is 0 Å². The minimum Gasteiger partial charge on any atom is -0.465 e. The lowest BCUT2D eigenvalue weighted by Gasteiger charge is -2.10. The Bertz CT molecular complexity index is 597. The van der Waals surface area contributed by atoms with Gasteiger partial charge < -0.3 is 15.2 Å². The van der Waals surface area contributed by atoms with Crippen LogP contribution in [-0.4, -0.2) is 24.7 Å². The lowest BCUT2D eigenvalue weighted by molar-refractivity contribution is 0.0600. The molecule has 1 heterocycles. The van der Waals surface area contributed by atoms with Crippen molar-refractivity contribution in [3.63, 3.8) is 0 Å². The third-order valence-corrected chi connectivity index (χ3v) is 4.30. The summed E-state index contributed by atoms with van der Waals surface area (Å²) in [5.74, 6) is -0.348. The quantitative estimate of drug-likeness (QED) is 0.802. The Morgan fingerprint density at radius 1 is 1.33 bits per heavy atom. The molecule has 2 N–H and O–H groups in total. The van der Waals surface area contributed by atoms with Gasteiger partial charge in [-0.15, -0.1) is 11.3 Å². The zero-order valence-electron chi connectivity index (χ0n) is 11.5. The van der Waals surface area contributed by atoms with E-state index in [4.69, 9.17) is 11.6 Å². The number of carbonyl (C=O) groups is 1. The number of methoxy groups -OCH3 is 1. The Balaban J connectivity index is 1.82. The molecule has 4 nitrogen and oxygen atoms in total. The van der Waals surface area contributed by atoms with Crippen molar-refractivity contribution >= 4 is 28.9 Å². The van der Waals surface area contributed by atoms with E-state index >= 15 is 0 Å². The van der Waals surface area contributed by atoms with Crippen molar-refractivity contribution in [2.75, 3.05) is 13.7 Å². The van der Waals surface area contributed by atoms with E-state index in [1.807, 2.05) is 18.2 Å². The number of aliphatic hydroxyl groups excluding tert-OH is 1. The first-order valence-corrected chi connectivity index (χ1v) is 7.61. The number of carbonyl (C=O) groups excluding carboxylic acids is 1. The summed E-state index contributed by atoms with van der Waals surface area (Å²) < 4.78 is 5.31. The van der Waals surface area contributed by atoms with Crippen LogP contribution in [0.25, 0.3) is 0 Å². The van der Waals surface area contributed by atoms with Crippen LogP contribution in [0.1, 0.15) is 26.9 Å². The summed E-state index contributed by atoms with van der Waals surface area (Å²) in [6.45, 7) is 1.05. The molecule has 2 aromatic rings. The van der Waals surface area contributed by atoms with Crippen molar-refractivity contribution in [1.29, 1.82) is 0 Å².